The van der Waals surface area contributed by atoms with E-state index in [0.29, 0.717) is 22.6 Å². The van der Waals surface area contributed by atoms with Crippen LogP contribution in [0.4, 0.5) is 11.4 Å². The van der Waals surface area contributed by atoms with E-state index in [1.165, 1.54) is 19.2 Å². The van der Waals surface area contributed by atoms with Gasteiger partial charge in [0.1, 0.15) is 12.3 Å². The molecule has 0 bridgehead atoms. The molecule has 8 heteroatoms. The predicted octanol–water partition coefficient (Wildman–Crippen LogP) is 6.37. The second kappa shape index (κ2) is 12.0. The summed E-state index contributed by atoms with van der Waals surface area (Å²) < 4.78 is 33.9. The van der Waals surface area contributed by atoms with Crippen LogP contribution in [0.3, 0.4) is 0 Å². The fraction of sp³-hybridized carbons (Fsp3) is 0.212. The highest BCUT2D eigenvalue weighted by atomic mass is 32.2. The van der Waals surface area contributed by atoms with Crippen LogP contribution >= 0.6 is 0 Å². The molecule has 4 aromatic rings. The Morgan fingerprint density at radius 3 is 2.15 bits per heavy atom. The van der Waals surface area contributed by atoms with E-state index in [0.717, 1.165) is 15.4 Å². The van der Waals surface area contributed by atoms with Gasteiger partial charge in [-0.25, -0.2) is 8.42 Å². The zero-order valence-electron chi connectivity index (χ0n) is 23.8. The van der Waals surface area contributed by atoms with Gasteiger partial charge in [0.2, 0.25) is 5.91 Å². The zero-order valence-corrected chi connectivity index (χ0v) is 24.7. The predicted molar refractivity (Wildman–Crippen MR) is 162 cm³/mol. The number of ether oxygens (including phenoxy) is 1. The lowest BCUT2D eigenvalue weighted by Gasteiger charge is -2.26. The molecule has 0 fully saturated rings. The van der Waals surface area contributed by atoms with Crippen molar-refractivity contribution in [3.63, 3.8) is 0 Å². The van der Waals surface area contributed by atoms with E-state index in [9.17, 15) is 18.0 Å². The number of hydrogen-bond donors (Lipinski definition) is 1. The molecule has 1 N–H and O–H groups in total. The number of aryl methyl sites for hydroxylation is 1. The van der Waals surface area contributed by atoms with Crippen LogP contribution in [-0.4, -0.2) is 33.8 Å². The number of nitrogens with one attached hydrogen (secondary N) is 1. The number of anilines is 2. The number of rotatable bonds is 9. The minimum absolute atomic E-state index is 0.0316. The number of methoxy groups -OCH3 is 1. The summed E-state index contributed by atoms with van der Waals surface area (Å²) in [6, 6.07) is 27.1. The Hall–Kier alpha value is -4.43. The molecule has 1 amide bonds. The van der Waals surface area contributed by atoms with Crippen LogP contribution in [-0.2, 0) is 20.2 Å². The van der Waals surface area contributed by atoms with Crippen LogP contribution in [0.15, 0.2) is 102 Å². The minimum atomic E-state index is -4.12. The van der Waals surface area contributed by atoms with Crippen LogP contribution in [0, 0.1) is 6.92 Å². The molecule has 0 aliphatic heterocycles. The molecule has 0 unspecified atom stereocenters. The van der Waals surface area contributed by atoms with Gasteiger partial charge in [0, 0.05) is 16.8 Å². The first kappa shape index (κ1) is 29.6. The van der Waals surface area contributed by atoms with Gasteiger partial charge in [0.05, 0.1) is 17.7 Å². The van der Waals surface area contributed by atoms with E-state index >= 15 is 0 Å². The molecule has 0 spiro atoms. The van der Waals surface area contributed by atoms with Gasteiger partial charge in [-0.3, -0.25) is 13.9 Å². The summed E-state index contributed by atoms with van der Waals surface area (Å²) in [5, 5.41) is 2.76. The number of carbonyl (C=O) groups is 2. The maximum Gasteiger partial charge on any atom is 0.264 e. The van der Waals surface area contributed by atoms with Gasteiger partial charge >= 0.3 is 0 Å². The summed E-state index contributed by atoms with van der Waals surface area (Å²) >= 11 is 0. The average molecular weight is 571 g/mol. The topological polar surface area (TPSA) is 92.8 Å². The maximum atomic E-state index is 13.7. The van der Waals surface area contributed by atoms with Gasteiger partial charge in [0.15, 0.2) is 5.78 Å². The maximum absolute atomic E-state index is 13.7. The molecule has 4 rings (SSSR count). The summed E-state index contributed by atoms with van der Waals surface area (Å²) in [6.07, 6.45) is 0. The Kier molecular flexibility index (Phi) is 8.63. The van der Waals surface area contributed by atoms with Gasteiger partial charge in [-0.05, 0) is 59.9 Å². The molecular weight excluding hydrogens is 536 g/mol. The highest BCUT2D eigenvalue weighted by Crippen LogP contribution is 2.33. The smallest absolute Gasteiger partial charge is 0.264 e. The van der Waals surface area contributed by atoms with E-state index in [4.69, 9.17) is 4.74 Å². The van der Waals surface area contributed by atoms with E-state index in [-0.39, 0.29) is 21.8 Å². The van der Waals surface area contributed by atoms with Crippen molar-refractivity contribution in [2.75, 3.05) is 23.3 Å². The summed E-state index contributed by atoms with van der Waals surface area (Å²) in [6.45, 7) is 7.64. The van der Waals surface area contributed by atoms with Gasteiger partial charge < -0.3 is 10.1 Å². The molecule has 0 saturated heterocycles. The van der Waals surface area contributed by atoms with Gasteiger partial charge in [-0.2, -0.15) is 0 Å². The first-order valence-corrected chi connectivity index (χ1v) is 14.6. The van der Waals surface area contributed by atoms with Crippen molar-refractivity contribution in [1.29, 1.82) is 0 Å². The van der Waals surface area contributed by atoms with Crippen LogP contribution in [0.1, 0.15) is 47.8 Å². The third-order valence-corrected chi connectivity index (χ3v) is 8.42. The Morgan fingerprint density at radius 1 is 0.829 bits per heavy atom. The third-order valence-electron chi connectivity index (χ3n) is 6.64. The molecule has 0 heterocycles. The lowest BCUT2D eigenvalue weighted by atomic mass is 9.86. The zero-order chi connectivity index (χ0) is 29.8. The highest BCUT2D eigenvalue weighted by Gasteiger charge is 2.29. The van der Waals surface area contributed by atoms with Crippen LogP contribution in [0.25, 0.3) is 0 Å². The third kappa shape index (κ3) is 6.84. The number of sulfonamides is 1. The summed E-state index contributed by atoms with van der Waals surface area (Å²) in [7, 11) is -2.68. The van der Waals surface area contributed by atoms with Crippen molar-refractivity contribution in [2.24, 2.45) is 0 Å². The molecule has 0 radical (unpaired) electrons. The normalized spacial score (nSPS) is 11.5. The van der Waals surface area contributed by atoms with E-state index in [2.05, 4.69) is 26.1 Å². The summed E-state index contributed by atoms with van der Waals surface area (Å²) in [5.74, 6) is -0.445. The van der Waals surface area contributed by atoms with E-state index in [1.807, 2.05) is 19.1 Å². The standard InChI is InChI=1S/C33H34N2O5S/c1-23-14-19-30(40-5)29(20-23)35(41(38,39)28-12-7-6-8-13-28)22-31(36)34-27-11-9-10-25(21-27)32(37)24-15-17-26(18-16-24)33(2,3)4/h6-21H,22H2,1-5H3,(H,34,36). The number of hydrogen-bond acceptors (Lipinski definition) is 5. The molecule has 0 atom stereocenters. The molecule has 0 saturated carbocycles. The molecule has 0 aromatic heterocycles. The molecule has 4 aromatic carbocycles. The molecule has 212 valence electrons. The number of ketones is 1. The lowest BCUT2D eigenvalue weighted by Crippen LogP contribution is -2.38. The first-order valence-electron chi connectivity index (χ1n) is 13.2. The van der Waals surface area contributed by atoms with E-state index < -0.39 is 22.5 Å². The number of benzene rings is 4. The van der Waals surface area contributed by atoms with Crippen LogP contribution < -0.4 is 14.4 Å². The quantitative estimate of drug-likeness (QED) is 0.236. The second-order valence-electron chi connectivity index (χ2n) is 10.8. The number of nitrogens with zero attached hydrogens (tertiary/aromatic N) is 1. The van der Waals surface area contributed by atoms with Crippen LogP contribution in [0.5, 0.6) is 5.75 Å². The number of amides is 1. The Labute approximate surface area is 241 Å². The summed E-state index contributed by atoms with van der Waals surface area (Å²) in [4.78, 5) is 26.5. The van der Waals surface area contributed by atoms with E-state index in [1.54, 1.807) is 72.8 Å². The molecule has 0 aliphatic rings. The van der Waals surface area contributed by atoms with Crippen molar-refractivity contribution in [3.8, 4) is 5.75 Å². The second-order valence-corrected chi connectivity index (χ2v) is 12.6. The van der Waals surface area contributed by atoms with Crippen molar-refractivity contribution in [1.82, 2.24) is 0 Å². The molecule has 41 heavy (non-hydrogen) atoms. The van der Waals surface area contributed by atoms with Gasteiger partial charge in [-0.1, -0.05) is 81.4 Å². The SMILES string of the molecule is COc1ccc(C)cc1N(CC(=O)Nc1cccc(C(=O)c2ccc(C(C)(C)C)cc2)c1)S(=O)(=O)c1ccccc1. The lowest BCUT2D eigenvalue weighted by molar-refractivity contribution is -0.114. The van der Waals surface area contributed by atoms with Crippen molar-refractivity contribution in [2.45, 2.75) is 38.0 Å². The largest absolute Gasteiger partial charge is 0.495 e. The minimum Gasteiger partial charge on any atom is -0.495 e. The first-order chi connectivity index (χ1) is 19.4. The number of carbonyl (C=O) groups excluding carboxylic acids is 2. The van der Waals surface area contributed by atoms with Crippen molar-refractivity contribution >= 4 is 33.1 Å². The van der Waals surface area contributed by atoms with Crippen molar-refractivity contribution < 1.29 is 22.7 Å². The fourth-order valence-corrected chi connectivity index (χ4v) is 5.82. The van der Waals surface area contributed by atoms with Gasteiger partial charge in [-0.15, -0.1) is 0 Å². The highest BCUT2D eigenvalue weighted by molar-refractivity contribution is 7.92. The van der Waals surface area contributed by atoms with Crippen molar-refractivity contribution in [3.05, 3.63) is 119 Å². The van der Waals surface area contributed by atoms with Crippen LogP contribution in [0.2, 0.25) is 0 Å². The fourth-order valence-electron chi connectivity index (χ4n) is 4.37. The summed E-state index contributed by atoms with van der Waals surface area (Å²) in [5.41, 5.74) is 3.45. The monoisotopic (exact) mass is 570 g/mol. The Balaban J connectivity index is 1.61. The van der Waals surface area contributed by atoms with Gasteiger partial charge in [0.25, 0.3) is 10.0 Å². The molecule has 0 aliphatic carbocycles. The molecular formula is C33H34N2O5S. The molecule has 7 nitrogen and oxygen atoms in total. The Morgan fingerprint density at radius 2 is 1.51 bits per heavy atom. The Bertz CT molecular complexity index is 1660. The average Bonchev–Trinajstić information content (AvgIpc) is 2.95.